The van der Waals surface area contributed by atoms with Crippen molar-refractivity contribution < 1.29 is 9.84 Å². The van der Waals surface area contributed by atoms with Crippen LogP contribution in [-0.2, 0) is 4.74 Å². The van der Waals surface area contributed by atoms with E-state index in [0.29, 0.717) is 0 Å². The van der Waals surface area contributed by atoms with Gasteiger partial charge in [-0.25, -0.2) is 0 Å². The van der Waals surface area contributed by atoms with Gasteiger partial charge in [-0.1, -0.05) is 0 Å². The highest BCUT2D eigenvalue weighted by Gasteiger charge is 2.20. The fourth-order valence-electron chi connectivity index (χ4n) is 0.720. The maximum absolute atomic E-state index is 8.87. The third-order valence-electron chi connectivity index (χ3n) is 1.34. The molecule has 2 atom stereocenters. The number of aliphatic hydroxyl groups excluding tert-OH is 1. The van der Waals surface area contributed by atoms with E-state index in [4.69, 9.17) is 9.84 Å². The van der Waals surface area contributed by atoms with Crippen LogP contribution >= 0.6 is 0 Å². The molecule has 0 aromatic heterocycles. The van der Waals surface area contributed by atoms with Crippen molar-refractivity contribution in [1.82, 2.24) is 0 Å². The van der Waals surface area contributed by atoms with Crippen LogP contribution in [0, 0.1) is 0 Å². The summed E-state index contributed by atoms with van der Waals surface area (Å²) in [7, 11) is 0. The summed E-state index contributed by atoms with van der Waals surface area (Å²) in [5.41, 5.74) is 0. The van der Waals surface area contributed by atoms with Crippen LogP contribution < -0.4 is 0 Å². The number of rotatable bonds is 0. The average Bonchev–Trinajstić information content (AvgIpc) is 1.91. The van der Waals surface area contributed by atoms with Crippen LogP contribution in [0.15, 0.2) is 0 Å². The smallest absolute Gasteiger partial charge is 0.0821 e. The zero-order valence-electron chi connectivity index (χ0n) is 4.42. The zero-order chi connectivity index (χ0) is 5.28. The standard InChI is InChI=1S/C5H10O2/c1-4-5(6)2-3-7-4/h4-6H,2-3H2,1H3/t4-,5?/m0/s1. The molecule has 1 unspecified atom stereocenters. The Morgan fingerprint density at radius 3 is 2.57 bits per heavy atom. The van der Waals surface area contributed by atoms with Crippen molar-refractivity contribution in [3.8, 4) is 0 Å². The van der Waals surface area contributed by atoms with Crippen molar-refractivity contribution in [3.63, 3.8) is 0 Å². The fourth-order valence-corrected chi connectivity index (χ4v) is 0.720. The van der Waals surface area contributed by atoms with Gasteiger partial charge in [0.25, 0.3) is 0 Å². The predicted molar refractivity (Wildman–Crippen MR) is 26.0 cm³/mol. The molecule has 0 spiro atoms. The second-order valence-electron chi connectivity index (χ2n) is 1.93. The van der Waals surface area contributed by atoms with Gasteiger partial charge in [-0.3, -0.25) is 0 Å². The third kappa shape index (κ3) is 0.924. The SMILES string of the molecule is C[C@@H]1OCCC1O. The van der Waals surface area contributed by atoms with Gasteiger partial charge in [0, 0.05) is 6.61 Å². The Labute approximate surface area is 43.1 Å². The number of ether oxygens (including phenoxy) is 1. The van der Waals surface area contributed by atoms with Gasteiger partial charge in [-0.05, 0) is 13.3 Å². The molecule has 0 aromatic carbocycles. The van der Waals surface area contributed by atoms with E-state index in [2.05, 4.69) is 0 Å². The second-order valence-corrected chi connectivity index (χ2v) is 1.93. The fraction of sp³-hybridized carbons (Fsp3) is 1.00. The van der Waals surface area contributed by atoms with Crippen molar-refractivity contribution in [2.75, 3.05) is 6.61 Å². The van der Waals surface area contributed by atoms with Crippen LogP contribution in [0.2, 0.25) is 0 Å². The average molecular weight is 102 g/mol. The topological polar surface area (TPSA) is 29.5 Å². The van der Waals surface area contributed by atoms with Crippen LogP contribution in [0.25, 0.3) is 0 Å². The van der Waals surface area contributed by atoms with E-state index >= 15 is 0 Å². The molecule has 42 valence electrons. The lowest BCUT2D eigenvalue weighted by molar-refractivity contribution is 0.0556. The summed E-state index contributed by atoms with van der Waals surface area (Å²) in [5, 5.41) is 8.87. The summed E-state index contributed by atoms with van der Waals surface area (Å²) in [6.07, 6.45) is 0.668. The van der Waals surface area contributed by atoms with E-state index in [1.54, 1.807) is 0 Å². The number of aliphatic hydroxyl groups is 1. The van der Waals surface area contributed by atoms with Crippen LogP contribution in [0.5, 0.6) is 0 Å². The Balaban J connectivity index is 2.33. The van der Waals surface area contributed by atoms with Crippen LogP contribution in [0.4, 0.5) is 0 Å². The van der Waals surface area contributed by atoms with Crippen LogP contribution in [-0.4, -0.2) is 23.9 Å². The van der Waals surface area contributed by atoms with Crippen molar-refractivity contribution in [1.29, 1.82) is 0 Å². The van der Waals surface area contributed by atoms with Crippen LogP contribution in [0.1, 0.15) is 13.3 Å². The summed E-state index contributed by atoms with van der Waals surface area (Å²) < 4.78 is 5.02. The quantitative estimate of drug-likeness (QED) is 0.472. The molecule has 0 saturated carbocycles. The minimum Gasteiger partial charge on any atom is -0.390 e. The molecule has 1 aliphatic rings. The molecule has 2 nitrogen and oxygen atoms in total. The summed E-state index contributed by atoms with van der Waals surface area (Å²) >= 11 is 0. The highest BCUT2D eigenvalue weighted by atomic mass is 16.5. The van der Waals surface area contributed by atoms with Gasteiger partial charge >= 0.3 is 0 Å². The summed E-state index contributed by atoms with van der Waals surface area (Å²) in [6.45, 7) is 2.61. The van der Waals surface area contributed by atoms with Crippen molar-refractivity contribution >= 4 is 0 Å². The molecule has 1 N–H and O–H groups in total. The first-order valence-electron chi connectivity index (χ1n) is 2.60. The summed E-state index contributed by atoms with van der Waals surface area (Å²) in [4.78, 5) is 0. The minimum absolute atomic E-state index is 0.0694. The van der Waals surface area contributed by atoms with E-state index in [-0.39, 0.29) is 12.2 Å². The Hall–Kier alpha value is -0.0800. The molecule has 0 aromatic rings. The van der Waals surface area contributed by atoms with Crippen LogP contribution in [0.3, 0.4) is 0 Å². The van der Waals surface area contributed by atoms with Gasteiger partial charge in [0.2, 0.25) is 0 Å². The Kier molecular flexibility index (Phi) is 1.30. The first-order valence-corrected chi connectivity index (χ1v) is 2.60. The van der Waals surface area contributed by atoms with Gasteiger partial charge < -0.3 is 9.84 Å². The van der Waals surface area contributed by atoms with Gasteiger partial charge in [0.1, 0.15) is 0 Å². The van der Waals surface area contributed by atoms with E-state index in [9.17, 15) is 0 Å². The van der Waals surface area contributed by atoms with Gasteiger partial charge in [0.05, 0.1) is 12.2 Å². The van der Waals surface area contributed by atoms with E-state index in [1.165, 1.54) is 0 Å². The first kappa shape index (κ1) is 5.06. The zero-order valence-corrected chi connectivity index (χ0v) is 4.42. The van der Waals surface area contributed by atoms with Gasteiger partial charge in [-0.2, -0.15) is 0 Å². The minimum atomic E-state index is -0.208. The number of hydrogen-bond acceptors (Lipinski definition) is 2. The van der Waals surface area contributed by atoms with Gasteiger partial charge in [0.15, 0.2) is 0 Å². The van der Waals surface area contributed by atoms with Crippen molar-refractivity contribution in [2.45, 2.75) is 25.6 Å². The molecule has 1 saturated heterocycles. The first-order chi connectivity index (χ1) is 3.30. The molecular weight excluding hydrogens is 92.1 g/mol. The largest absolute Gasteiger partial charge is 0.390 e. The normalized spacial score (nSPS) is 42.0. The van der Waals surface area contributed by atoms with E-state index in [1.807, 2.05) is 6.92 Å². The molecule has 1 heterocycles. The monoisotopic (exact) mass is 102 g/mol. The van der Waals surface area contributed by atoms with Crippen molar-refractivity contribution in [2.24, 2.45) is 0 Å². The summed E-state index contributed by atoms with van der Waals surface area (Å²) in [5.74, 6) is 0. The Morgan fingerprint density at radius 2 is 2.43 bits per heavy atom. The lowest BCUT2D eigenvalue weighted by Gasteiger charge is -2.03. The molecule has 1 rings (SSSR count). The Bertz CT molecular complexity index is 55.1. The molecule has 7 heavy (non-hydrogen) atoms. The predicted octanol–water partition coefficient (Wildman–Crippen LogP) is 0.156. The maximum Gasteiger partial charge on any atom is 0.0821 e. The molecule has 2 heteroatoms. The lowest BCUT2D eigenvalue weighted by atomic mass is 10.2. The molecule has 1 aliphatic heterocycles. The number of hydrogen-bond donors (Lipinski definition) is 1. The van der Waals surface area contributed by atoms with E-state index in [0.717, 1.165) is 13.0 Å². The summed E-state index contributed by atoms with van der Waals surface area (Å²) in [6, 6.07) is 0. The highest BCUT2D eigenvalue weighted by molar-refractivity contribution is 4.69. The maximum atomic E-state index is 8.87. The van der Waals surface area contributed by atoms with Gasteiger partial charge in [-0.15, -0.1) is 0 Å². The molecule has 0 amide bonds. The highest BCUT2D eigenvalue weighted by Crippen LogP contribution is 2.10. The molecule has 0 radical (unpaired) electrons. The molecule has 0 bridgehead atoms. The second kappa shape index (κ2) is 1.80. The molecule has 1 fully saturated rings. The Morgan fingerprint density at radius 1 is 1.71 bits per heavy atom. The lowest BCUT2D eigenvalue weighted by Crippen LogP contribution is -2.15. The van der Waals surface area contributed by atoms with E-state index < -0.39 is 0 Å². The third-order valence-corrected chi connectivity index (χ3v) is 1.34. The van der Waals surface area contributed by atoms with Crippen molar-refractivity contribution in [3.05, 3.63) is 0 Å². The molecular formula is C5H10O2. The molecule has 0 aliphatic carbocycles.